The minimum Gasteiger partial charge on any atom is -0.496 e. The molecule has 1 N–H and O–H groups in total. The molecule has 2 heterocycles. The Hall–Kier alpha value is -2.63. The summed E-state index contributed by atoms with van der Waals surface area (Å²) in [6, 6.07) is 9.53. The first-order valence-electron chi connectivity index (χ1n) is 8.18. The fraction of sp³-hybridized carbons (Fsp3) is 0.389. The monoisotopic (exact) mass is 326 g/mol. The van der Waals surface area contributed by atoms with Crippen LogP contribution in [0.15, 0.2) is 30.3 Å². The second kappa shape index (κ2) is 7.29. The van der Waals surface area contributed by atoms with Gasteiger partial charge in [0.1, 0.15) is 11.4 Å². The number of benzene rings is 1. The molecule has 0 unspecified atom stereocenters. The summed E-state index contributed by atoms with van der Waals surface area (Å²) in [4.78, 5) is 23.1. The molecule has 0 spiro atoms. The highest BCUT2D eigenvalue weighted by molar-refractivity contribution is 5.92. The van der Waals surface area contributed by atoms with E-state index in [1.54, 1.807) is 13.2 Å². The number of aromatic nitrogens is 2. The molecule has 1 aliphatic heterocycles. The van der Waals surface area contributed by atoms with Crippen LogP contribution < -0.4 is 10.1 Å². The van der Waals surface area contributed by atoms with Gasteiger partial charge in [-0.2, -0.15) is 0 Å². The molecule has 0 saturated carbocycles. The lowest BCUT2D eigenvalue weighted by Crippen LogP contribution is -2.28. The van der Waals surface area contributed by atoms with E-state index in [0.717, 1.165) is 42.9 Å². The number of ether oxygens (including phenoxy) is 1. The van der Waals surface area contributed by atoms with Gasteiger partial charge < -0.3 is 15.0 Å². The molecule has 6 heteroatoms. The van der Waals surface area contributed by atoms with Gasteiger partial charge in [0, 0.05) is 30.9 Å². The lowest BCUT2D eigenvalue weighted by Gasteiger charge is -2.15. The molecular formula is C18H22N4O2. The Labute approximate surface area is 141 Å². The summed E-state index contributed by atoms with van der Waals surface area (Å²) >= 11 is 0. The number of hydrogen-bond acceptors (Lipinski definition) is 5. The first-order chi connectivity index (χ1) is 11.7. The number of hydrogen-bond donors (Lipinski definition) is 1. The van der Waals surface area contributed by atoms with Crippen molar-refractivity contribution in [1.29, 1.82) is 0 Å². The highest BCUT2D eigenvalue weighted by atomic mass is 16.5. The zero-order chi connectivity index (χ0) is 16.9. The Bertz CT molecular complexity index is 727. The van der Waals surface area contributed by atoms with Crippen molar-refractivity contribution >= 4 is 11.9 Å². The maximum atomic E-state index is 12.5. The largest absolute Gasteiger partial charge is 0.496 e. The van der Waals surface area contributed by atoms with Crippen molar-refractivity contribution in [2.75, 3.05) is 25.5 Å². The van der Waals surface area contributed by atoms with Crippen molar-refractivity contribution in [3.63, 3.8) is 0 Å². The van der Waals surface area contributed by atoms with E-state index in [-0.39, 0.29) is 5.91 Å². The molecule has 1 aromatic heterocycles. The minimum atomic E-state index is -0.0154. The Kier molecular flexibility index (Phi) is 4.93. The molecule has 1 aliphatic rings. The number of rotatable bonds is 5. The van der Waals surface area contributed by atoms with Crippen LogP contribution in [0.2, 0.25) is 0 Å². The van der Waals surface area contributed by atoms with E-state index in [2.05, 4.69) is 15.3 Å². The number of nitrogens with one attached hydrogen (secondary N) is 1. The van der Waals surface area contributed by atoms with E-state index in [0.29, 0.717) is 18.2 Å². The number of carbonyl (C=O) groups is 1. The van der Waals surface area contributed by atoms with E-state index in [4.69, 9.17) is 4.74 Å². The molecule has 6 nitrogen and oxygen atoms in total. The van der Waals surface area contributed by atoms with Crippen LogP contribution in [0.4, 0.5) is 5.95 Å². The van der Waals surface area contributed by atoms with Gasteiger partial charge in [0.2, 0.25) is 5.95 Å². The summed E-state index contributed by atoms with van der Waals surface area (Å²) in [7, 11) is 1.65. The quantitative estimate of drug-likeness (QED) is 0.915. The Balaban J connectivity index is 1.75. The van der Waals surface area contributed by atoms with Crippen LogP contribution in [-0.2, 0) is 6.54 Å². The highest BCUT2D eigenvalue weighted by Crippen LogP contribution is 2.19. The highest BCUT2D eigenvalue weighted by Gasteiger charge is 2.21. The number of aryl methyl sites for hydroxylation is 1. The third kappa shape index (κ3) is 3.64. The summed E-state index contributed by atoms with van der Waals surface area (Å²) in [6.07, 6.45) is 2.13. The van der Waals surface area contributed by atoms with Crippen molar-refractivity contribution in [1.82, 2.24) is 14.9 Å². The normalized spacial score (nSPS) is 13.8. The predicted molar refractivity (Wildman–Crippen MR) is 92.2 cm³/mol. The van der Waals surface area contributed by atoms with Crippen LogP contribution in [0.3, 0.4) is 0 Å². The number of likely N-dealkylation sites (tertiary alicyclic amines) is 1. The lowest BCUT2D eigenvalue weighted by molar-refractivity contribution is 0.0787. The Morgan fingerprint density at radius 3 is 2.75 bits per heavy atom. The van der Waals surface area contributed by atoms with Crippen LogP contribution >= 0.6 is 0 Å². The van der Waals surface area contributed by atoms with Crippen LogP contribution in [0, 0.1) is 6.92 Å². The van der Waals surface area contributed by atoms with Crippen molar-refractivity contribution in [3.8, 4) is 5.75 Å². The fourth-order valence-electron chi connectivity index (χ4n) is 2.86. The summed E-state index contributed by atoms with van der Waals surface area (Å²) in [6.45, 7) is 4.03. The van der Waals surface area contributed by atoms with Gasteiger partial charge >= 0.3 is 0 Å². The molecule has 126 valence electrons. The van der Waals surface area contributed by atoms with E-state index >= 15 is 0 Å². The van der Waals surface area contributed by atoms with Gasteiger partial charge in [0.15, 0.2) is 0 Å². The summed E-state index contributed by atoms with van der Waals surface area (Å²) in [5.74, 6) is 1.26. The molecular weight excluding hydrogens is 304 g/mol. The molecule has 1 fully saturated rings. The molecule has 0 radical (unpaired) electrons. The first kappa shape index (κ1) is 16.2. The zero-order valence-electron chi connectivity index (χ0n) is 14.1. The van der Waals surface area contributed by atoms with E-state index in [1.165, 1.54) is 0 Å². The van der Waals surface area contributed by atoms with Gasteiger partial charge in [-0.1, -0.05) is 18.2 Å². The average molecular weight is 326 g/mol. The molecule has 2 aromatic rings. The fourth-order valence-corrected chi connectivity index (χ4v) is 2.86. The smallest absolute Gasteiger partial charge is 0.272 e. The Morgan fingerprint density at radius 1 is 1.25 bits per heavy atom. The van der Waals surface area contributed by atoms with Crippen molar-refractivity contribution in [2.24, 2.45) is 0 Å². The van der Waals surface area contributed by atoms with Crippen molar-refractivity contribution < 1.29 is 9.53 Å². The molecule has 1 aromatic carbocycles. The minimum absolute atomic E-state index is 0.0154. The number of carbonyl (C=O) groups excluding carboxylic acids is 1. The predicted octanol–water partition coefficient (Wildman–Crippen LogP) is 2.64. The molecule has 1 saturated heterocycles. The molecule has 24 heavy (non-hydrogen) atoms. The Morgan fingerprint density at radius 2 is 2.00 bits per heavy atom. The van der Waals surface area contributed by atoms with E-state index in [1.807, 2.05) is 36.1 Å². The molecule has 0 atom stereocenters. The van der Waals surface area contributed by atoms with Gasteiger partial charge in [0.25, 0.3) is 5.91 Å². The van der Waals surface area contributed by atoms with Gasteiger partial charge in [-0.25, -0.2) is 9.97 Å². The summed E-state index contributed by atoms with van der Waals surface area (Å²) < 4.78 is 5.35. The number of anilines is 1. The second-order valence-electron chi connectivity index (χ2n) is 5.88. The van der Waals surface area contributed by atoms with Gasteiger partial charge in [-0.15, -0.1) is 0 Å². The van der Waals surface area contributed by atoms with E-state index in [9.17, 15) is 4.79 Å². The van der Waals surface area contributed by atoms with Crippen LogP contribution in [0.1, 0.15) is 34.6 Å². The molecule has 3 rings (SSSR count). The summed E-state index contributed by atoms with van der Waals surface area (Å²) in [5, 5.41) is 3.19. The molecule has 1 amide bonds. The van der Waals surface area contributed by atoms with Crippen LogP contribution in [0.5, 0.6) is 5.75 Å². The van der Waals surface area contributed by atoms with E-state index < -0.39 is 0 Å². The zero-order valence-corrected chi connectivity index (χ0v) is 14.1. The van der Waals surface area contributed by atoms with Crippen LogP contribution in [-0.4, -0.2) is 41.0 Å². The molecule has 0 aliphatic carbocycles. The van der Waals surface area contributed by atoms with Crippen molar-refractivity contribution in [2.45, 2.75) is 26.3 Å². The summed E-state index contributed by atoms with van der Waals surface area (Å²) in [5.41, 5.74) is 2.24. The standard InChI is InChI=1S/C18H22N4O2/c1-13-11-15(17(23)22-9-5-6-10-22)21-18(20-13)19-12-14-7-3-4-8-16(14)24-2/h3-4,7-8,11H,5-6,9-10,12H2,1-2H3,(H,19,20,21). The number of amides is 1. The van der Waals surface area contributed by atoms with Gasteiger partial charge in [0.05, 0.1) is 7.11 Å². The third-order valence-electron chi connectivity index (χ3n) is 4.10. The second-order valence-corrected chi connectivity index (χ2v) is 5.88. The van der Waals surface area contributed by atoms with Gasteiger partial charge in [-0.3, -0.25) is 4.79 Å². The SMILES string of the molecule is COc1ccccc1CNc1nc(C)cc(C(=O)N2CCCC2)n1. The maximum Gasteiger partial charge on any atom is 0.272 e. The number of nitrogens with zero attached hydrogens (tertiary/aromatic N) is 3. The maximum absolute atomic E-state index is 12.5. The van der Waals surface area contributed by atoms with Gasteiger partial charge in [-0.05, 0) is 31.9 Å². The third-order valence-corrected chi connectivity index (χ3v) is 4.10. The van der Waals surface area contributed by atoms with Crippen LogP contribution in [0.25, 0.3) is 0 Å². The first-order valence-corrected chi connectivity index (χ1v) is 8.18. The number of para-hydroxylation sites is 1. The number of methoxy groups -OCH3 is 1. The van der Waals surface area contributed by atoms with Crippen molar-refractivity contribution in [3.05, 3.63) is 47.3 Å². The molecule has 0 bridgehead atoms. The lowest BCUT2D eigenvalue weighted by atomic mass is 10.2. The topological polar surface area (TPSA) is 67.3 Å². The average Bonchev–Trinajstić information content (AvgIpc) is 3.13.